The van der Waals surface area contributed by atoms with Crippen LogP contribution in [0.3, 0.4) is 0 Å². The SMILES string of the molecule is CC(C)CC1CN(C2CCS(=O)CC2)CCN1. The van der Waals surface area contributed by atoms with Crippen LogP contribution in [0, 0.1) is 5.92 Å². The van der Waals surface area contributed by atoms with Gasteiger partial charge in [0.05, 0.1) is 0 Å². The van der Waals surface area contributed by atoms with Crippen LogP contribution in [-0.4, -0.2) is 52.3 Å². The maximum Gasteiger partial charge on any atom is 0.0249 e. The van der Waals surface area contributed by atoms with Gasteiger partial charge in [0, 0.05) is 54.0 Å². The fraction of sp³-hybridized carbons (Fsp3) is 1.00. The van der Waals surface area contributed by atoms with E-state index in [0.717, 1.165) is 36.8 Å². The lowest BCUT2D eigenvalue weighted by molar-refractivity contribution is 0.128. The third-order valence-corrected chi connectivity index (χ3v) is 5.30. The molecule has 2 aliphatic heterocycles. The lowest BCUT2D eigenvalue weighted by Crippen LogP contribution is -2.55. The van der Waals surface area contributed by atoms with Crippen LogP contribution in [0.1, 0.15) is 33.1 Å². The van der Waals surface area contributed by atoms with E-state index in [0.29, 0.717) is 12.1 Å². The Morgan fingerprint density at radius 3 is 2.71 bits per heavy atom. The molecule has 17 heavy (non-hydrogen) atoms. The quantitative estimate of drug-likeness (QED) is 0.826. The van der Waals surface area contributed by atoms with E-state index in [1.807, 2.05) is 0 Å². The zero-order valence-corrected chi connectivity index (χ0v) is 12.0. The first-order valence-electron chi connectivity index (χ1n) is 6.97. The molecule has 0 aromatic carbocycles. The minimum Gasteiger partial charge on any atom is -0.311 e. The molecule has 1 N–H and O–H groups in total. The van der Waals surface area contributed by atoms with Gasteiger partial charge in [-0.05, 0) is 25.2 Å². The topological polar surface area (TPSA) is 32.3 Å². The zero-order chi connectivity index (χ0) is 12.3. The molecule has 0 amide bonds. The third kappa shape index (κ3) is 4.04. The minimum absolute atomic E-state index is 0.525. The molecule has 2 rings (SSSR count). The van der Waals surface area contributed by atoms with Gasteiger partial charge in [0.25, 0.3) is 0 Å². The molecule has 2 heterocycles. The summed E-state index contributed by atoms with van der Waals surface area (Å²) in [6, 6.07) is 1.36. The van der Waals surface area contributed by atoms with Crippen molar-refractivity contribution in [1.29, 1.82) is 0 Å². The van der Waals surface area contributed by atoms with E-state index in [1.165, 1.54) is 19.5 Å². The van der Waals surface area contributed by atoms with Crippen LogP contribution in [0.5, 0.6) is 0 Å². The highest BCUT2D eigenvalue weighted by atomic mass is 32.2. The molecule has 0 radical (unpaired) electrons. The summed E-state index contributed by atoms with van der Waals surface area (Å²) in [4.78, 5) is 2.64. The van der Waals surface area contributed by atoms with E-state index >= 15 is 0 Å². The second-order valence-corrected chi connectivity index (χ2v) is 7.55. The van der Waals surface area contributed by atoms with Crippen molar-refractivity contribution >= 4 is 10.8 Å². The number of nitrogens with one attached hydrogen (secondary N) is 1. The van der Waals surface area contributed by atoms with Crippen LogP contribution in [-0.2, 0) is 10.8 Å². The zero-order valence-electron chi connectivity index (χ0n) is 11.2. The smallest absolute Gasteiger partial charge is 0.0249 e. The molecule has 2 aliphatic rings. The van der Waals surface area contributed by atoms with E-state index < -0.39 is 10.8 Å². The van der Waals surface area contributed by atoms with Crippen molar-refractivity contribution in [1.82, 2.24) is 10.2 Å². The van der Waals surface area contributed by atoms with E-state index in [9.17, 15) is 4.21 Å². The van der Waals surface area contributed by atoms with Crippen molar-refractivity contribution < 1.29 is 4.21 Å². The van der Waals surface area contributed by atoms with Gasteiger partial charge in [-0.2, -0.15) is 0 Å². The van der Waals surface area contributed by atoms with Crippen molar-refractivity contribution in [3.8, 4) is 0 Å². The summed E-state index contributed by atoms with van der Waals surface area (Å²) >= 11 is 0. The monoisotopic (exact) mass is 258 g/mol. The molecule has 4 heteroatoms. The van der Waals surface area contributed by atoms with E-state index in [1.54, 1.807) is 0 Å². The van der Waals surface area contributed by atoms with Crippen molar-refractivity contribution in [2.45, 2.75) is 45.2 Å². The van der Waals surface area contributed by atoms with Gasteiger partial charge >= 0.3 is 0 Å². The number of hydrogen-bond acceptors (Lipinski definition) is 3. The van der Waals surface area contributed by atoms with Crippen LogP contribution in [0.2, 0.25) is 0 Å². The second kappa shape index (κ2) is 6.30. The Kier molecular flexibility index (Phi) is 5.00. The highest BCUT2D eigenvalue weighted by molar-refractivity contribution is 7.85. The largest absolute Gasteiger partial charge is 0.311 e. The van der Waals surface area contributed by atoms with Gasteiger partial charge < -0.3 is 5.32 Å². The maximum absolute atomic E-state index is 11.4. The van der Waals surface area contributed by atoms with Gasteiger partial charge in [-0.25, -0.2) is 0 Å². The average Bonchev–Trinajstić information content (AvgIpc) is 2.29. The summed E-state index contributed by atoms with van der Waals surface area (Å²) in [6.07, 6.45) is 3.55. The highest BCUT2D eigenvalue weighted by Crippen LogP contribution is 2.19. The summed E-state index contributed by atoms with van der Waals surface area (Å²) in [6.45, 7) is 8.08. The molecule has 100 valence electrons. The number of hydrogen-bond donors (Lipinski definition) is 1. The summed E-state index contributed by atoms with van der Waals surface area (Å²) in [7, 11) is -0.525. The summed E-state index contributed by atoms with van der Waals surface area (Å²) in [5.41, 5.74) is 0. The second-order valence-electron chi connectivity index (χ2n) is 5.85. The molecule has 3 nitrogen and oxygen atoms in total. The molecule has 0 aliphatic carbocycles. The van der Waals surface area contributed by atoms with Gasteiger partial charge in [-0.1, -0.05) is 13.8 Å². The molecule has 1 unspecified atom stereocenters. The Bertz CT molecular complexity index is 260. The first-order valence-corrected chi connectivity index (χ1v) is 8.46. The molecule has 1 atom stereocenters. The van der Waals surface area contributed by atoms with Crippen LogP contribution in [0.4, 0.5) is 0 Å². The van der Waals surface area contributed by atoms with Crippen LogP contribution >= 0.6 is 0 Å². The van der Waals surface area contributed by atoms with E-state index in [2.05, 4.69) is 24.1 Å². The van der Waals surface area contributed by atoms with Gasteiger partial charge in [0.15, 0.2) is 0 Å². The van der Waals surface area contributed by atoms with E-state index in [4.69, 9.17) is 0 Å². The standard InChI is InChI=1S/C13H26N2OS/c1-11(2)9-12-10-15(6-5-14-12)13-3-7-17(16)8-4-13/h11-14H,3-10H2,1-2H3. The summed E-state index contributed by atoms with van der Waals surface area (Å²) in [5.74, 6) is 2.61. The molecular formula is C13H26N2OS. The molecule has 2 fully saturated rings. The predicted molar refractivity (Wildman–Crippen MR) is 73.7 cm³/mol. The Labute approximate surface area is 108 Å². The van der Waals surface area contributed by atoms with Crippen molar-refractivity contribution in [2.24, 2.45) is 5.92 Å². The average molecular weight is 258 g/mol. The first kappa shape index (κ1) is 13.5. The lowest BCUT2D eigenvalue weighted by Gasteiger charge is -2.40. The fourth-order valence-electron chi connectivity index (χ4n) is 3.06. The van der Waals surface area contributed by atoms with Crippen molar-refractivity contribution in [2.75, 3.05) is 31.1 Å². The summed E-state index contributed by atoms with van der Waals surface area (Å²) in [5, 5.41) is 3.63. The van der Waals surface area contributed by atoms with Gasteiger partial charge in [-0.15, -0.1) is 0 Å². The maximum atomic E-state index is 11.4. The fourth-order valence-corrected chi connectivity index (χ4v) is 4.33. The first-order chi connectivity index (χ1) is 8.15. The number of nitrogens with zero attached hydrogens (tertiary/aromatic N) is 1. The Hall–Kier alpha value is 0.0700. The van der Waals surface area contributed by atoms with Crippen LogP contribution < -0.4 is 5.32 Å². The molecule has 0 bridgehead atoms. The lowest BCUT2D eigenvalue weighted by atomic mass is 10.00. The Balaban J connectivity index is 1.82. The summed E-state index contributed by atoms with van der Waals surface area (Å²) < 4.78 is 11.4. The molecule has 0 aromatic heterocycles. The number of piperazine rings is 1. The van der Waals surface area contributed by atoms with Crippen molar-refractivity contribution in [3.05, 3.63) is 0 Å². The van der Waals surface area contributed by atoms with Gasteiger partial charge in [-0.3, -0.25) is 9.11 Å². The number of rotatable bonds is 3. The van der Waals surface area contributed by atoms with E-state index in [-0.39, 0.29) is 0 Å². The van der Waals surface area contributed by atoms with Gasteiger partial charge in [0.2, 0.25) is 0 Å². The third-order valence-electron chi connectivity index (χ3n) is 3.92. The molecular weight excluding hydrogens is 232 g/mol. The predicted octanol–water partition coefficient (Wildman–Crippen LogP) is 1.22. The van der Waals surface area contributed by atoms with Gasteiger partial charge in [0.1, 0.15) is 0 Å². The minimum atomic E-state index is -0.525. The Morgan fingerprint density at radius 2 is 2.06 bits per heavy atom. The molecule has 2 saturated heterocycles. The molecule has 0 aromatic rings. The molecule has 0 saturated carbocycles. The Morgan fingerprint density at radius 1 is 1.35 bits per heavy atom. The van der Waals surface area contributed by atoms with Crippen LogP contribution in [0.15, 0.2) is 0 Å². The molecule has 0 spiro atoms. The van der Waals surface area contributed by atoms with Crippen molar-refractivity contribution in [3.63, 3.8) is 0 Å². The normalized spacial score (nSPS) is 36.3. The highest BCUT2D eigenvalue weighted by Gasteiger charge is 2.28. The van der Waals surface area contributed by atoms with Crippen LogP contribution in [0.25, 0.3) is 0 Å².